The van der Waals surface area contributed by atoms with Gasteiger partial charge in [0.2, 0.25) is 15.9 Å². The predicted octanol–water partition coefficient (Wildman–Crippen LogP) is 4.32. The van der Waals surface area contributed by atoms with E-state index in [0.29, 0.717) is 29.0 Å². The number of nitrogens with one attached hydrogen (secondary N) is 1. The maximum absolute atomic E-state index is 14.1. The Bertz CT molecular complexity index is 1770. The molecule has 2 aromatic carbocycles. The molecule has 1 amide bonds. The molecule has 0 bridgehead atoms. The summed E-state index contributed by atoms with van der Waals surface area (Å²) in [6.07, 6.45) is 6.72. The van der Waals surface area contributed by atoms with Gasteiger partial charge in [-0.3, -0.25) is 9.78 Å². The number of carbonyl (C=O) groups is 1. The van der Waals surface area contributed by atoms with Crippen LogP contribution in [0.25, 0.3) is 11.0 Å². The van der Waals surface area contributed by atoms with Crippen LogP contribution in [0.3, 0.4) is 0 Å². The number of amides is 1. The van der Waals surface area contributed by atoms with Crippen molar-refractivity contribution in [1.82, 2.24) is 24.6 Å². The number of benzene rings is 2. The van der Waals surface area contributed by atoms with E-state index in [1.807, 2.05) is 17.0 Å². The van der Waals surface area contributed by atoms with Gasteiger partial charge in [-0.05, 0) is 48.7 Å². The average molecular weight is 636 g/mol. The Balaban J connectivity index is 1.24. The Morgan fingerprint density at radius 3 is 2.38 bits per heavy atom. The molecule has 2 aliphatic rings. The van der Waals surface area contributed by atoms with E-state index in [0.717, 1.165) is 31.6 Å². The van der Waals surface area contributed by atoms with Crippen LogP contribution in [0.15, 0.2) is 78.1 Å². The molecule has 0 unspecified atom stereocenters. The number of aromatic nitrogens is 3. The third-order valence-electron chi connectivity index (χ3n) is 8.49. The van der Waals surface area contributed by atoms with Gasteiger partial charge in [-0.15, -0.1) is 0 Å². The molecule has 13 heteroatoms. The number of pyridine rings is 1. The predicted molar refractivity (Wildman–Crippen MR) is 168 cm³/mol. The second-order valence-electron chi connectivity index (χ2n) is 11.3. The van der Waals surface area contributed by atoms with Crippen molar-refractivity contribution in [2.75, 3.05) is 42.5 Å². The number of piperazine rings is 1. The molecule has 4 aromatic rings. The van der Waals surface area contributed by atoms with Gasteiger partial charge in [0, 0.05) is 63.1 Å². The molecular formula is C32H35F2N7O3S. The molecule has 1 N–H and O–H groups in total. The fourth-order valence-electron chi connectivity index (χ4n) is 5.80. The lowest BCUT2D eigenvalue weighted by Crippen LogP contribution is -2.60. The maximum atomic E-state index is 14.1. The number of rotatable bonds is 9. The number of halogens is 2. The molecule has 2 saturated heterocycles. The van der Waals surface area contributed by atoms with Crippen LogP contribution < -0.4 is 15.1 Å². The number of anilines is 2. The van der Waals surface area contributed by atoms with Crippen molar-refractivity contribution < 1.29 is 22.0 Å². The SMILES string of the molecule is CCC(F)(F)c1ccc(CNC(=O)[C@H]2CN(c3cnc4cnccc4n3)CCN2S(=O)(=O)c2ccc(N3CCCC3)cc2)cc1. The number of nitrogens with zero attached hydrogens (tertiary/aromatic N) is 6. The molecule has 2 aliphatic heterocycles. The second-order valence-corrected chi connectivity index (χ2v) is 13.2. The van der Waals surface area contributed by atoms with Gasteiger partial charge >= 0.3 is 0 Å². The quantitative estimate of drug-likeness (QED) is 0.290. The standard InChI is InChI=1S/C32H35F2N7O3S/c1-2-32(33,34)24-7-5-23(6-8-24)19-37-31(42)29-22-40(30-21-36-28-20-35-14-13-27(28)38-30)17-18-41(29)45(43,44)26-11-9-25(10-12-26)39-15-3-4-16-39/h5-14,20-21,29H,2-4,15-19,22H2,1H3,(H,37,42)/t29-/m1/s1. The molecule has 236 valence electrons. The molecule has 0 spiro atoms. The number of hydrogen-bond donors (Lipinski definition) is 1. The average Bonchev–Trinajstić information content (AvgIpc) is 3.62. The summed E-state index contributed by atoms with van der Waals surface area (Å²) < 4.78 is 57.4. The summed E-state index contributed by atoms with van der Waals surface area (Å²) >= 11 is 0. The van der Waals surface area contributed by atoms with E-state index < -0.39 is 27.9 Å². The lowest BCUT2D eigenvalue weighted by Gasteiger charge is -2.40. The first-order valence-corrected chi connectivity index (χ1v) is 16.5. The van der Waals surface area contributed by atoms with Gasteiger partial charge < -0.3 is 15.1 Å². The van der Waals surface area contributed by atoms with Crippen LogP contribution in [0.4, 0.5) is 20.3 Å². The highest BCUT2D eigenvalue weighted by Crippen LogP contribution is 2.31. The lowest BCUT2D eigenvalue weighted by molar-refractivity contribution is -0.125. The van der Waals surface area contributed by atoms with Crippen molar-refractivity contribution >= 4 is 38.5 Å². The highest BCUT2D eigenvalue weighted by molar-refractivity contribution is 7.89. The van der Waals surface area contributed by atoms with Crippen molar-refractivity contribution in [3.8, 4) is 0 Å². The lowest BCUT2D eigenvalue weighted by atomic mass is 10.0. The monoisotopic (exact) mass is 635 g/mol. The topological polar surface area (TPSA) is 112 Å². The number of alkyl halides is 2. The van der Waals surface area contributed by atoms with Crippen LogP contribution in [0.5, 0.6) is 0 Å². The summed E-state index contributed by atoms with van der Waals surface area (Å²) in [5, 5.41) is 2.83. The van der Waals surface area contributed by atoms with E-state index in [1.54, 1.807) is 48.9 Å². The zero-order chi connectivity index (χ0) is 31.6. The zero-order valence-corrected chi connectivity index (χ0v) is 25.8. The van der Waals surface area contributed by atoms with Gasteiger partial charge in [0.25, 0.3) is 5.92 Å². The molecular weight excluding hydrogens is 600 g/mol. The molecule has 0 saturated carbocycles. The molecule has 6 rings (SSSR count). The first-order chi connectivity index (χ1) is 21.7. The molecule has 0 aliphatic carbocycles. The van der Waals surface area contributed by atoms with E-state index in [1.165, 1.54) is 23.4 Å². The van der Waals surface area contributed by atoms with Crippen molar-refractivity contribution in [1.29, 1.82) is 0 Å². The van der Waals surface area contributed by atoms with Crippen LogP contribution in [0.2, 0.25) is 0 Å². The van der Waals surface area contributed by atoms with E-state index in [9.17, 15) is 22.0 Å². The fraction of sp³-hybridized carbons (Fsp3) is 0.375. The van der Waals surface area contributed by atoms with Crippen molar-refractivity contribution in [2.24, 2.45) is 0 Å². The number of fused-ring (bicyclic) bond motifs is 1. The van der Waals surface area contributed by atoms with E-state index in [2.05, 4.69) is 25.2 Å². The minimum Gasteiger partial charge on any atom is -0.372 e. The first kappa shape index (κ1) is 30.8. The summed E-state index contributed by atoms with van der Waals surface area (Å²) in [7, 11) is -4.04. The zero-order valence-electron chi connectivity index (χ0n) is 24.9. The Kier molecular flexibility index (Phi) is 8.65. The molecule has 0 radical (unpaired) electrons. The second kappa shape index (κ2) is 12.6. The number of carbonyl (C=O) groups excluding carboxylic acids is 1. The van der Waals surface area contributed by atoms with E-state index in [-0.39, 0.29) is 36.5 Å². The van der Waals surface area contributed by atoms with Crippen molar-refractivity contribution in [2.45, 2.75) is 49.6 Å². The summed E-state index contributed by atoms with van der Waals surface area (Å²) in [5.74, 6) is -2.92. The molecule has 10 nitrogen and oxygen atoms in total. The molecule has 45 heavy (non-hydrogen) atoms. The third kappa shape index (κ3) is 6.45. The highest BCUT2D eigenvalue weighted by atomic mass is 32.2. The summed E-state index contributed by atoms with van der Waals surface area (Å²) in [6.45, 7) is 3.74. The largest absolute Gasteiger partial charge is 0.372 e. The van der Waals surface area contributed by atoms with Crippen molar-refractivity contribution in [3.63, 3.8) is 0 Å². The van der Waals surface area contributed by atoms with E-state index in [4.69, 9.17) is 0 Å². The minimum absolute atomic E-state index is 0.0455. The summed E-state index contributed by atoms with van der Waals surface area (Å²) in [6, 6.07) is 13.3. The van der Waals surface area contributed by atoms with Gasteiger partial charge in [-0.25, -0.2) is 27.2 Å². The Hall–Kier alpha value is -4.23. The van der Waals surface area contributed by atoms with Crippen LogP contribution >= 0.6 is 0 Å². The van der Waals surface area contributed by atoms with Crippen LogP contribution in [0, 0.1) is 0 Å². The summed E-state index contributed by atoms with van der Waals surface area (Å²) in [4.78, 5) is 31.1. The van der Waals surface area contributed by atoms with E-state index >= 15 is 0 Å². The smallest absolute Gasteiger partial charge is 0.273 e. The van der Waals surface area contributed by atoms with Gasteiger partial charge in [0.1, 0.15) is 17.4 Å². The fourth-order valence-corrected chi connectivity index (χ4v) is 7.37. The Labute approximate surface area is 261 Å². The molecule has 2 fully saturated rings. The first-order valence-electron chi connectivity index (χ1n) is 15.1. The van der Waals surface area contributed by atoms with Crippen LogP contribution in [0.1, 0.15) is 37.3 Å². The normalized spacial score (nSPS) is 18.0. The highest BCUT2D eigenvalue weighted by Gasteiger charge is 2.40. The molecule has 2 aromatic heterocycles. The third-order valence-corrected chi connectivity index (χ3v) is 10.4. The van der Waals surface area contributed by atoms with Crippen LogP contribution in [-0.2, 0) is 27.3 Å². The minimum atomic E-state index is -4.04. The Morgan fingerprint density at radius 2 is 1.67 bits per heavy atom. The van der Waals surface area contributed by atoms with Crippen molar-refractivity contribution in [3.05, 3.63) is 84.3 Å². The van der Waals surface area contributed by atoms with Gasteiger partial charge in [0.05, 0.1) is 22.8 Å². The maximum Gasteiger partial charge on any atom is 0.273 e. The van der Waals surface area contributed by atoms with Crippen LogP contribution in [-0.4, -0.2) is 72.3 Å². The number of sulfonamides is 1. The molecule has 4 heterocycles. The Morgan fingerprint density at radius 1 is 0.933 bits per heavy atom. The van der Waals surface area contributed by atoms with Gasteiger partial charge in [-0.2, -0.15) is 4.31 Å². The summed E-state index contributed by atoms with van der Waals surface area (Å²) in [5.41, 5.74) is 2.75. The van der Waals surface area contributed by atoms with Gasteiger partial charge in [0.15, 0.2) is 0 Å². The van der Waals surface area contributed by atoms with Gasteiger partial charge in [-0.1, -0.05) is 31.2 Å². The number of hydrogen-bond acceptors (Lipinski definition) is 8. The molecule has 1 atom stereocenters.